The van der Waals surface area contributed by atoms with Crippen molar-refractivity contribution in [2.75, 3.05) is 18.0 Å². The Morgan fingerprint density at radius 1 is 1.44 bits per heavy atom. The number of nitrogens with zero attached hydrogens (tertiary/aromatic N) is 1. The molecule has 1 aromatic carbocycles. The summed E-state index contributed by atoms with van der Waals surface area (Å²) >= 11 is 0. The Kier molecular flexibility index (Phi) is 4.73. The van der Waals surface area contributed by atoms with Crippen molar-refractivity contribution in [2.45, 2.75) is 32.7 Å². The molecule has 0 heterocycles. The second-order valence-corrected chi connectivity index (χ2v) is 4.84. The average molecular weight is 250 g/mol. The highest BCUT2D eigenvalue weighted by atomic mass is 16.4. The van der Waals surface area contributed by atoms with Crippen LogP contribution in [0.25, 0.3) is 0 Å². The van der Waals surface area contributed by atoms with Gasteiger partial charge in [-0.25, -0.2) is 0 Å². The highest BCUT2D eigenvalue weighted by Gasteiger charge is 2.28. The number of carboxylic acids is 1. The molecular weight excluding hydrogens is 228 g/mol. The van der Waals surface area contributed by atoms with E-state index >= 15 is 0 Å². The molecule has 0 aliphatic carbocycles. The van der Waals surface area contributed by atoms with Gasteiger partial charge in [0, 0.05) is 18.8 Å². The smallest absolute Gasteiger partial charge is 0.323 e. The number of benzene rings is 1. The van der Waals surface area contributed by atoms with Gasteiger partial charge in [0.05, 0.1) is 0 Å². The molecule has 0 saturated heterocycles. The van der Waals surface area contributed by atoms with Gasteiger partial charge in [-0.3, -0.25) is 4.79 Å². The number of anilines is 1. The fraction of sp³-hybridized carbons (Fsp3) is 0.500. The van der Waals surface area contributed by atoms with E-state index in [0.29, 0.717) is 13.0 Å². The summed E-state index contributed by atoms with van der Waals surface area (Å²) in [4.78, 5) is 13.1. The Labute approximate surface area is 108 Å². The molecular formula is C14H22N2O2. The van der Waals surface area contributed by atoms with Crippen molar-refractivity contribution in [1.82, 2.24) is 0 Å². The minimum Gasteiger partial charge on any atom is -0.480 e. The molecule has 3 N–H and O–H groups in total. The number of nitrogens with two attached hydrogens (primary N) is 1. The molecule has 0 bridgehead atoms. The summed E-state index contributed by atoms with van der Waals surface area (Å²) in [5.41, 5.74) is 6.91. The van der Waals surface area contributed by atoms with Crippen molar-refractivity contribution in [3.63, 3.8) is 0 Å². The van der Waals surface area contributed by atoms with E-state index in [0.717, 1.165) is 12.2 Å². The van der Waals surface area contributed by atoms with Crippen LogP contribution in [0.3, 0.4) is 0 Å². The molecule has 0 aliphatic rings. The maximum atomic E-state index is 11.0. The number of hydrogen-bond acceptors (Lipinski definition) is 3. The predicted octanol–water partition coefficient (Wildman–Crippen LogP) is 2.01. The lowest BCUT2D eigenvalue weighted by atomic mass is 9.99. The van der Waals surface area contributed by atoms with Crippen molar-refractivity contribution in [3.8, 4) is 0 Å². The quantitative estimate of drug-likeness (QED) is 0.810. The third-order valence-corrected chi connectivity index (χ3v) is 3.23. The second kappa shape index (κ2) is 5.87. The number of rotatable bonds is 6. The van der Waals surface area contributed by atoms with Gasteiger partial charge in [-0.1, -0.05) is 18.2 Å². The summed E-state index contributed by atoms with van der Waals surface area (Å²) in [6.45, 7) is 7.14. The van der Waals surface area contributed by atoms with Gasteiger partial charge in [-0.15, -0.1) is 0 Å². The molecule has 100 valence electrons. The Bertz CT molecular complexity index is 416. The Hall–Kier alpha value is -1.55. The van der Waals surface area contributed by atoms with E-state index in [2.05, 4.69) is 24.8 Å². The van der Waals surface area contributed by atoms with Crippen LogP contribution in [0.1, 0.15) is 25.8 Å². The van der Waals surface area contributed by atoms with Gasteiger partial charge in [0.15, 0.2) is 0 Å². The molecule has 1 aromatic rings. The highest BCUT2D eigenvalue weighted by molar-refractivity contribution is 5.77. The fourth-order valence-corrected chi connectivity index (χ4v) is 1.84. The Morgan fingerprint density at radius 3 is 2.56 bits per heavy atom. The number of carboxylic acid groups (broad SMARTS) is 1. The van der Waals surface area contributed by atoms with Gasteiger partial charge < -0.3 is 15.7 Å². The summed E-state index contributed by atoms with van der Waals surface area (Å²) in [5.74, 6) is -0.955. The van der Waals surface area contributed by atoms with Crippen LogP contribution in [-0.4, -0.2) is 29.7 Å². The largest absolute Gasteiger partial charge is 0.480 e. The first kappa shape index (κ1) is 14.5. The number of aryl methyl sites for hydroxylation is 1. The van der Waals surface area contributed by atoms with Gasteiger partial charge in [0.2, 0.25) is 0 Å². The Morgan fingerprint density at radius 2 is 2.06 bits per heavy atom. The lowest BCUT2D eigenvalue weighted by Gasteiger charge is -2.28. The molecule has 0 spiro atoms. The van der Waals surface area contributed by atoms with Crippen molar-refractivity contribution in [2.24, 2.45) is 5.73 Å². The number of hydrogen-bond donors (Lipinski definition) is 2. The molecule has 4 heteroatoms. The van der Waals surface area contributed by atoms with Crippen molar-refractivity contribution >= 4 is 11.7 Å². The number of carbonyl (C=O) groups is 1. The molecule has 1 atom stereocenters. The van der Waals surface area contributed by atoms with Gasteiger partial charge >= 0.3 is 5.97 Å². The van der Waals surface area contributed by atoms with Gasteiger partial charge in [-0.05, 0) is 38.8 Å². The fourth-order valence-electron chi connectivity index (χ4n) is 1.84. The van der Waals surface area contributed by atoms with E-state index in [9.17, 15) is 4.79 Å². The first-order chi connectivity index (χ1) is 8.38. The zero-order valence-corrected chi connectivity index (χ0v) is 11.3. The summed E-state index contributed by atoms with van der Waals surface area (Å²) in [6, 6.07) is 8.09. The summed E-state index contributed by atoms with van der Waals surface area (Å²) in [6.07, 6.45) is 0.421. The first-order valence-electron chi connectivity index (χ1n) is 6.21. The Balaban J connectivity index is 2.75. The van der Waals surface area contributed by atoms with E-state index < -0.39 is 11.5 Å². The third-order valence-electron chi connectivity index (χ3n) is 3.23. The molecule has 1 rings (SSSR count). The van der Waals surface area contributed by atoms with E-state index in [1.165, 1.54) is 5.56 Å². The van der Waals surface area contributed by atoms with Crippen LogP contribution < -0.4 is 10.6 Å². The van der Waals surface area contributed by atoms with Crippen LogP contribution in [0.15, 0.2) is 24.3 Å². The minimum atomic E-state index is -1.17. The molecule has 0 amide bonds. The molecule has 4 nitrogen and oxygen atoms in total. The molecule has 18 heavy (non-hydrogen) atoms. The van der Waals surface area contributed by atoms with Crippen LogP contribution >= 0.6 is 0 Å². The minimum absolute atomic E-state index is 0.421. The maximum absolute atomic E-state index is 11.0. The summed E-state index contributed by atoms with van der Waals surface area (Å²) in [5, 5.41) is 9.01. The molecule has 0 saturated carbocycles. The van der Waals surface area contributed by atoms with Crippen LogP contribution in [0, 0.1) is 6.92 Å². The van der Waals surface area contributed by atoms with Gasteiger partial charge in [0.1, 0.15) is 5.54 Å². The molecule has 0 radical (unpaired) electrons. The summed E-state index contributed by atoms with van der Waals surface area (Å²) in [7, 11) is 0. The zero-order chi connectivity index (χ0) is 13.8. The van der Waals surface area contributed by atoms with E-state index in [1.54, 1.807) is 6.92 Å². The maximum Gasteiger partial charge on any atom is 0.323 e. The van der Waals surface area contributed by atoms with Crippen molar-refractivity contribution < 1.29 is 9.90 Å². The number of aliphatic carboxylic acids is 1. The molecule has 1 unspecified atom stereocenters. The predicted molar refractivity (Wildman–Crippen MR) is 73.9 cm³/mol. The topological polar surface area (TPSA) is 66.6 Å². The lowest BCUT2D eigenvalue weighted by Crippen LogP contribution is -2.47. The lowest BCUT2D eigenvalue weighted by molar-refractivity contribution is -0.142. The third kappa shape index (κ3) is 3.47. The summed E-state index contributed by atoms with van der Waals surface area (Å²) < 4.78 is 0. The van der Waals surface area contributed by atoms with Gasteiger partial charge in [0.25, 0.3) is 0 Å². The van der Waals surface area contributed by atoms with Crippen LogP contribution in [-0.2, 0) is 4.79 Å². The zero-order valence-electron chi connectivity index (χ0n) is 11.3. The standard InChI is InChI=1S/C14H22N2O2/c1-4-16(10-9-14(3,15)13(17)18)12-8-6-5-7-11(12)2/h5-8H,4,9-10,15H2,1-3H3,(H,17,18). The first-order valence-corrected chi connectivity index (χ1v) is 6.21. The molecule has 0 aromatic heterocycles. The van der Waals surface area contributed by atoms with E-state index in [-0.39, 0.29) is 0 Å². The normalized spacial score (nSPS) is 14.0. The monoisotopic (exact) mass is 250 g/mol. The van der Waals surface area contributed by atoms with Crippen LogP contribution in [0.2, 0.25) is 0 Å². The van der Waals surface area contributed by atoms with Gasteiger partial charge in [-0.2, -0.15) is 0 Å². The highest BCUT2D eigenvalue weighted by Crippen LogP contribution is 2.20. The van der Waals surface area contributed by atoms with Crippen molar-refractivity contribution in [3.05, 3.63) is 29.8 Å². The SMILES string of the molecule is CCN(CCC(C)(N)C(=O)O)c1ccccc1C. The van der Waals surface area contributed by atoms with E-state index in [1.807, 2.05) is 18.2 Å². The van der Waals surface area contributed by atoms with Crippen LogP contribution in [0.5, 0.6) is 0 Å². The molecule has 0 aliphatic heterocycles. The molecule has 0 fully saturated rings. The van der Waals surface area contributed by atoms with Crippen LogP contribution in [0.4, 0.5) is 5.69 Å². The van der Waals surface area contributed by atoms with Crippen molar-refractivity contribution in [1.29, 1.82) is 0 Å². The van der Waals surface area contributed by atoms with E-state index in [4.69, 9.17) is 10.8 Å². The second-order valence-electron chi connectivity index (χ2n) is 4.84. The average Bonchev–Trinajstić information content (AvgIpc) is 2.31. The number of para-hydroxylation sites is 1.